The molecule has 0 spiro atoms. The van der Waals surface area contributed by atoms with E-state index in [4.69, 9.17) is 37.0 Å². The second-order valence-electron chi connectivity index (χ2n) is 31.2. The lowest BCUT2D eigenvalue weighted by Gasteiger charge is -2.21. The predicted molar refractivity (Wildman–Crippen MR) is 414 cm³/mol. The van der Waals surface area contributed by atoms with Gasteiger partial charge in [0.2, 0.25) is 0 Å². The molecule has 600 valence electrons. The molecular formula is C82H160O17P2. The molecule has 0 aromatic heterocycles. The number of phosphoric acid groups is 2. The van der Waals surface area contributed by atoms with E-state index in [-0.39, 0.29) is 25.7 Å². The molecule has 101 heavy (non-hydrogen) atoms. The summed E-state index contributed by atoms with van der Waals surface area (Å²) in [6, 6.07) is 0. The largest absolute Gasteiger partial charge is 0.472 e. The molecule has 0 saturated carbocycles. The Labute approximate surface area is 619 Å². The van der Waals surface area contributed by atoms with Crippen LogP contribution in [0.3, 0.4) is 0 Å². The van der Waals surface area contributed by atoms with E-state index in [1.165, 1.54) is 225 Å². The highest BCUT2D eigenvalue weighted by molar-refractivity contribution is 7.47. The Balaban J connectivity index is 5.25. The highest BCUT2D eigenvalue weighted by Gasteiger charge is 2.30. The molecule has 0 bridgehead atoms. The molecule has 0 aromatic carbocycles. The van der Waals surface area contributed by atoms with E-state index in [0.717, 1.165) is 114 Å². The first kappa shape index (κ1) is 99.1. The van der Waals surface area contributed by atoms with Crippen LogP contribution in [0.2, 0.25) is 0 Å². The topological polar surface area (TPSA) is 237 Å². The second kappa shape index (κ2) is 71.0. The molecule has 3 unspecified atom stereocenters. The Kier molecular flexibility index (Phi) is 69.6. The highest BCUT2D eigenvalue weighted by atomic mass is 31.2. The first-order valence-electron chi connectivity index (χ1n) is 42.2. The molecule has 0 aliphatic carbocycles. The lowest BCUT2D eigenvalue weighted by Crippen LogP contribution is -2.30. The molecule has 0 heterocycles. The van der Waals surface area contributed by atoms with Gasteiger partial charge in [0.25, 0.3) is 0 Å². The van der Waals surface area contributed by atoms with Gasteiger partial charge in [0, 0.05) is 25.7 Å². The van der Waals surface area contributed by atoms with Gasteiger partial charge in [-0.1, -0.05) is 370 Å². The van der Waals surface area contributed by atoms with Gasteiger partial charge in [-0.05, 0) is 49.4 Å². The van der Waals surface area contributed by atoms with Crippen molar-refractivity contribution in [2.75, 3.05) is 39.6 Å². The fourth-order valence-electron chi connectivity index (χ4n) is 12.6. The van der Waals surface area contributed by atoms with Gasteiger partial charge in [-0.15, -0.1) is 0 Å². The summed E-state index contributed by atoms with van der Waals surface area (Å²) < 4.78 is 68.8. The van der Waals surface area contributed by atoms with Gasteiger partial charge in [0.05, 0.1) is 26.4 Å². The number of unbranched alkanes of at least 4 members (excludes halogenated alkanes) is 44. The van der Waals surface area contributed by atoms with E-state index in [1.807, 2.05) is 0 Å². The Morgan fingerprint density at radius 1 is 0.277 bits per heavy atom. The van der Waals surface area contributed by atoms with Gasteiger partial charge in [-0.2, -0.15) is 0 Å². The fraction of sp³-hybridized carbons (Fsp3) is 0.951. The minimum absolute atomic E-state index is 0.105. The molecule has 6 atom stereocenters. The number of hydrogen-bond donors (Lipinski definition) is 3. The third kappa shape index (κ3) is 74.7. The molecular weight excluding hydrogens is 1320 g/mol. The van der Waals surface area contributed by atoms with Gasteiger partial charge < -0.3 is 33.8 Å². The number of aliphatic hydroxyl groups is 1. The maximum Gasteiger partial charge on any atom is 0.472 e. The number of phosphoric ester groups is 2. The zero-order valence-electron chi connectivity index (χ0n) is 66.5. The number of carbonyl (C=O) groups excluding carboxylic acids is 4. The van der Waals surface area contributed by atoms with Crippen molar-refractivity contribution >= 4 is 39.5 Å². The van der Waals surface area contributed by atoms with E-state index in [2.05, 4.69) is 55.4 Å². The summed E-state index contributed by atoms with van der Waals surface area (Å²) in [5, 5.41) is 10.6. The van der Waals surface area contributed by atoms with Crippen molar-refractivity contribution in [3.8, 4) is 0 Å². The Morgan fingerprint density at radius 2 is 0.475 bits per heavy atom. The van der Waals surface area contributed by atoms with Crippen LogP contribution in [0.4, 0.5) is 0 Å². The summed E-state index contributed by atoms with van der Waals surface area (Å²) >= 11 is 0. The zero-order valence-corrected chi connectivity index (χ0v) is 68.3. The molecule has 0 fully saturated rings. The molecule has 17 nitrogen and oxygen atoms in total. The molecule has 0 aromatic rings. The molecule has 0 saturated heterocycles. The summed E-state index contributed by atoms with van der Waals surface area (Å²) in [5.41, 5.74) is 0. The lowest BCUT2D eigenvalue weighted by atomic mass is 9.99. The Hall–Kier alpha value is -1.94. The molecule has 3 N–H and O–H groups in total. The van der Waals surface area contributed by atoms with Crippen LogP contribution in [0.25, 0.3) is 0 Å². The first-order chi connectivity index (χ1) is 48.6. The van der Waals surface area contributed by atoms with Crippen molar-refractivity contribution in [1.29, 1.82) is 0 Å². The maximum absolute atomic E-state index is 13.1. The number of aliphatic hydroxyl groups excluding tert-OH is 1. The van der Waals surface area contributed by atoms with E-state index in [1.54, 1.807) is 0 Å². The Bertz CT molecular complexity index is 1970. The molecule has 0 rings (SSSR count). The normalized spacial score (nSPS) is 14.3. The van der Waals surface area contributed by atoms with Crippen molar-refractivity contribution in [3.63, 3.8) is 0 Å². The third-order valence-electron chi connectivity index (χ3n) is 19.4. The van der Waals surface area contributed by atoms with Gasteiger partial charge in [0.1, 0.15) is 19.3 Å². The van der Waals surface area contributed by atoms with Crippen LogP contribution in [0.1, 0.15) is 421 Å². The summed E-state index contributed by atoms with van der Waals surface area (Å²) in [4.78, 5) is 73.1. The summed E-state index contributed by atoms with van der Waals surface area (Å²) in [5.74, 6) is 1.03. The van der Waals surface area contributed by atoms with Gasteiger partial charge >= 0.3 is 39.5 Å². The second-order valence-corrected chi connectivity index (χ2v) is 34.1. The quantitative estimate of drug-likeness (QED) is 0.0222. The predicted octanol–water partition coefficient (Wildman–Crippen LogP) is 24.4. The van der Waals surface area contributed by atoms with Gasteiger partial charge in [0.15, 0.2) is 12.2 Å². The lowest BCUT2D eigenvalue weighted by molar-refractivity contribution is -0.161. The van der Waals surface area contributed by atoms with E-state index in [0.29, 0.717) is 25.7 Å². The van der Waals surface area contributed by atoms with Crippen molar-refractivity contribution in [2.45, 2.75) is 440 Å². The summed E-state index contributed by atoms with van der Waals surface area (Å²) in [6.07, 6.45) is 58.2. The number of rotatable bonds is 79. The highest BCUT2D eigenvalue weighted by Crippen LogP contribution is 2.45. The van der Waals surface area contributed by atoms with Crippen LogP contribution in [-0.2, 0) is 65.4 Å². The fourth-order valence-corrected chi connectivity index (χ4v) is 14.2. The van der Waals surface area contributed by atoms with Crippen LogP contribution in [0.5, 0.6) is 0 Å². The third-order valence-corrected chi connectivity index (χ3v) is 21.3. The Morgan fingerprint density at radius 3 is 0.703 bits per heavy atom. The number of esters is 4. The summed E-state index contributed by atoms with van der Waals surface area (Å²) in [7, 11) is -9.92. The summed E-state index contributed by atoms with van der Waals surface area (Å²) in [6.45, 7) is 14.3. The van der Waals surface area contributed by atoms with Crippen molar-refractivity contribution < 1.29 is 80.2 Å². The van der Waals surface area contributed by atoms with Crippen molar-refractivity contribution in [1.82, 2.24) is 0 Å². The standard InChI is InChI=1S/C82H160O17P2/c1-9-75(8)61-53-45-37-29-21-17-14-15-18-22-30-38-46-54-62-79(84)92-68-77(98-81(86)64-56-48-40-31-23-19-13-11-10-12-16-20-26-34-42-50-58-72(2)3)70-96-100(88,89)94-66-76(83)67-95-101(90,91)97-71-78(99-82(87)65-57-49-41-33-25-28-36-44-52-60-74(6)7)69-93-80(85)63-55-47-39-32-24-27-35-43-51-59-73(4)5/h72-78,83H,9-71H2,1-8H3,(H,88,89)(H,90,91)/t75?,76-,77-,78-/m1/s1. The van der Waals surface area contributed by atoms with Crippen LogP contribution in [-0.4, -0.2) is 96.7 Å². The van der Waals surface area contributed by atoms with Crippen LogP contribution in [0.15, 0.2) is 0 Å². The molecule has 0 radical (unpaired) electrons. The van der Waals surface area contributed by atoms with E-state index >= 15 is 0 Å². The monoisotopic (exact) mass is 1480 g/mol. The van der Waals surface area contributed by atoms with Crippen LogP contribution < -0.4 is 0 Å². The average Bonchev–Trinajstić information content (AvgIpc) is 0.935. The SMILES string of the molecule is CCC(C)CCCCCCCCCCCCCCCCC(=O)OC[C@H](COP(=O)(O)OC[C@@H](O)COP(=O)(O)OC[C@@H](COC(=O)CCCCCCCCCCCC(C)C)OC(=O)CCCCCCCCCCCC(C)C)OC(=O)CCCCCCCCCCCCCCCCCCC(C)C. The zero-order chi connectivity index (χ0) is 74.6. The van der Waals surface area contributed by atoms with Crippen LogP contribution in [0, 0.1) is 23.7 Å². The van der Waals surface area contributed by atoms with Gasteiger partial charge in [-0.25, -0.2) is 9.13 Å². The average molecular weight is 1480 g/mol. The first-order valence-corrected chi connectivity index (χ1v) is 45.2. The molecule has 19 heteroatoms. The maximum atomic E-state index is 13.1. The minimum atomic E-state index is -4.96. The molecule has 0 aliphatic rings. The minimum Gasteiger partial charge on any atom is -0.462 e. The number of ether oxygens (including phenoxy) is 4. The smallest absolute Gasteiger partial charge is 0.462 e. The van der Waals surface area contributed by atoms with Crippen LogP contribution >= 0.6 is 15.6 Å². The molecule has 0 aliphatic heterocycles. The number of hydrogen-bond acceptors (Lipinski definition) is 15. The van der Waals surface area contributed by atoms with Crippen molar-refractivity contribution in [3.05, 3.63) is 0 Å². The van der Waals surface area contributed by atoms with E-state index in [9.17, 15) is 43.2 Å². The van der Waals surface area contributed by atoms with Crippen molar-refractivity contribution in [2.24, 2.45) is 23.7 Å². The van der Waals surface area contributed by atoms with E-state index < -0.39 is 97.5 Å². The van der Waals surface area contributed by atoms with Gasteiger partial charge in [-0.3, -0.25) is 37.3 Å². The molecule has 0 amide bonds. The number of carbonyl (C=O) groups is 4.